The highest BCUT2D eigenvalue weighted by Gasteiger charge is 2.69. The Balaban J connectivity index is 1.94. The second-order valence-electron chi connectivity index (χ2n) is 14.1. The van der Waals surface area contributed by atoms with Crippen molar-refractivity contribution in [2.24, 2.45) is 22.7 Å². The number of hydrogen-bond donors (Lipinski definition) is 3. The molecule has 43 heavy (non-hydrogen) atoms. The van der Waals surface area contributed by atoms with Gasteiger partial charge in [0, 0.05) is 12.0 Å². The summed E-state index contributed by atoms with van der Waals surface area (Å²) in [5, 5.41) is 30.0. The first-order valence-corrected chi connectivity index (χ1v) is 15.1. The second kappa shape index (κ2) is 12.5. The van der Waals surface area contributed by atoms with Crippen LogP contribution >= 0.6 is 0 Å². The fraction of sp³-hybridized carbons (Fsp3) is 0.727. The van der Waals surface area contributed by atoms with Crippen LogP contribution in [0.15, 0.2) is 47.6 Å². The Kier molecular flexibility index (Phi) is 10.3. The monoisotopic (exact) mass is 620 g/mol. The van der Waals surface area contributed by atoms with Crippen LogP contribution in [0, 0.1) is 22.7 Å². The van der Waals surface area contributed by atoms with Crippen LogP contribution in [0.1, 0.15) is 98.3 Å². The molecule has 0 bridgehead atoms. The molecule has 3 rings (SSSR count). The summed E-state index contributed by atoms with van der Waals surface area (Å²) in [5.74, 6) is -0.0817. The molecule has 2 unspecified atom stereocenters. The standard InChI is InChI=1S/C33H46F6O4/c1-21-23(19-24(40)20-26(21)41)11-10-22-9-6-17-30(5)25(22)12-13-27(30)29(4,15-7-14-28(2,3)42)16-8-18-31(43,32(34,35)36)33(37,38)39/h8,10-11,18,24-25,27,40,42-43H,1,6-7,9,12-17,19-20H2,2-5H3/b18-8+,22-10+,23-11-/t24-,25?,27-,29+,30?/m1/s1. The van der Waals surface area contributed by atoms with Crippen LogP contribution < -0.4 is 0 Å². The molecule has 5 atom stereocenters. The number of aliphatic hydroxyl groups is 3. The molecule has 3 saturated carbocycles. The fourth-order valence-electron chi connectivity index (χ4n) is 7.92. The zero-order valence-electron chi connectivity index (χ0n) is 25.5. The number of carbonyl (C=O) groups excluding carboxylic acids is 1. The molecule has 0 amide bonds. The Morgan fingerprint density at radius 1 is 0.977 bits per heavy atom. The van der Waals surface area contributed by atoms with Crippen molar-refractivity contribution in [2.75, 3.05) is 0 Å². The number of hydrogen-bond acceptors (Lipinski definition) is 4. The average molecular weight is 621 g/mol. The molecule has 0 aromatic heterocycles. The van der Waals surface area contributed by atoms with Crippen LogP contribution in [0.4, 0.5) is 26.3 Å². The Labute approximate surface area is 250 Å². The van der Waals surface area contributed by atoms with E-state index in [1.165, 1.54) is 5.57 Å². The molecule has 0 aliphatic heterocycles. The Morgan fingerprint density at radius 3 is 2.19 bits per heavy atom. The molecule has 3 fully saturated rings. The normalized spacial score (nSPS) is 31.2. The summed E-state index contributed by atoms with van der Waals surface area (Å²) in [6, 6.07) is 0. The summed E-state index contributed by atoms with van der Waals surface area (Å²) >= 11 is 0. The second-order valence-corrected chi connectivity index (χ2v) is 14.1. The van der Waals surface area contributed by atoms with E-state index in [9.17, 15) is 46.5 Å². The van der Waals surface area contributed by atoms with Crippen LogP contribution in [0.3, 0.4) is 0 Å². The fourth-order valence-corrected chi connectivity index (χ4v) is 7.92. The van der Waals surface area contributed by atoms with Gasteiger partial charge in [0.15, 0.2) is 5.78 Å². The van der Waals surface area contributed by atoms with Gasteiger partial charge < -0.3 is 15.3 Å². The predicted molar refractivity (Wildman–Crippen MR) is 153 cm³/mol. The molecule has 4 nitrogen and oxygen atoms in total. The minimum Gasteiger partial charge on any atom is -0.392 e. The molecule has 0 saturated heterocycles. The van der Waals surface area contributed by atoms with Crippen molar-refractivity contribution in [1.29, 1.82) is 0 Å². The van der Waals surface area contributed by atoms with Crippen LogP contribution in [-0.4, -0.2) is 50.8 Å². The Bertz CT molecular complexity index is 1130. The summed E-state index contributed by atoms with van der Waals surface area (Å²) in [5.41, 5.74) is -4.61. The van der Waals surface area contributed by atoms with E-state index in [0.717, 1.165) is 38.2 Å². The summed E-state index contributed by atoms with van der Waals surface area (Å²) in [7, 11) is 0. The molecule has 0 aromatic carbocycles. The van der Waals surface area contributed by atoms with Gasteiger partial charge in [0.1, 0.15) is 0 Å². The van der Waals surface area contributed by atoms with E-state index < -0.39 is 35.1 Å². The van der Waals surface area contributed by atoms with Gasteiger partial charge in [-0.25, -0.2) is 0 Å². The number of carbonyl (C=O) groups is 1. The molecule has 244 valence electrons. The van der Waals surface area contributed by atoms with Crippen LogP contribution in [0.25, 0.3) is 0 Å². The summed E-state index contributed by atoms with van der Waals surface area (Å²) in [4.78, 5) is 12.2. The van der Waals surface area contributed by atoms with Gasteiger partial charge in [-0.2, -0.15) is 26.3 Å². The van der Waals surface area contributed by atoms with Crippen molar-refractivity contribution in [2.45, 2.75) is 128 Å². The Hall–Kier alpha value is -1.91. The molecule has 0 spiro atoms. The smallest absolute Gasteiger partial charge is 0.392 e. The van der Waals surface area contributed by atoms with Crippen molar-refractivity contribution in [3.63, 3.8) is 0 Å². The quantitative estimate of drug-likeness (QED) is 0.138. The lowest BCUT2D eigenvalue weighted by molar-refractivity contribution is -0.347. The zero-order valence-corrected chi connectivity index (χ0v) is 25.5. The topological polar surface area (TPSA) is 77.8 Å². The Morgan fingerprint density at radius 2 is 1.60 bits per heavy atom. The number of Topliss-reactive ketones (excluding diaryl/α,β-unsaturated/α-hetero) is 1. The maximum atomic E-state index is 13.4. The first-order chi connectivity index (χ1) is 19.5. The maximum absolute atomic E-state index is 13.4. The van der Waals surface area contributed by atoms with Gasteiger partial charge in [-0.3, -0.25) is 4.79 Å². The summed E-state index contributed by atoms with van der Waals surface area (Å²) < 4.78 is 80.1. The minimum atomic E-state index is -5.93. The molecule has 0 heterocycles. The van der Waals surface area contributed by atoms with Crippen LogP contribution in [-0.2, 0) is 4.79 Å². The van der Waals surface area contributed by atoms with E-state index in [1.807, 2.05) is 19.1 Å². The van der Waals surface area contributed by atoms with Gasteiger partial charge in [-0.05, 0) is 106 Å². The predicted octanol–water partition coefficient (Wildman–Crippen LogP) is 8.09. The highest BCUT2D eigenvalue weighted by molar-refractivity contribution is 6.00. The first kappa shape index (κ1) is 35.6. The molecule has 0 radical (unpaired) electrons. The third-order valence-electron chi connectivity index (χ3n) is 10.2. The lowest BCUT2D eigenvalue weighted by atomic mass is 9.55. The van der Waals surface area contributed by atoms with E-state index in [4.69, 9.17) is 0 Å². The van der Waals surface area contributed by atoms with E-state index in [1.54, 1.807) is 13.8 Å². The molecule has 3 aliphatic rings. The average Bonchev–Trinajstić information content (AvgIpc) is 3.21. The van der Waals surface area contributed by atoms with Gasteiger partial charge in [0.05, 0.1) is 11.7 Å². The zero-order chi connectivity index (χ0) is 32.6. The van der Waals surface area contributed by atoms with Gasteiger partial charge in [0.25, 0.3) is 5.60 Å². The van der Waals surface area contributed by atoms with E-state index in [2.05, 4.69) is 13.5 Å². The van der Waals surface area contributed by atoms with Gasteiger partial charge >= 0.3 is 12.4 Å². The summed E-state index contributed by atoms with van der Waals surface area (Å²) in [6.45, 7) is 11.3. The molecular formula is C33H46F6O4. The van der Waals surface area contributed by atoms with E-state index in [0.29, 0.717) is 36.8 Å². The number of fused-ring (bicyclic) bond motifs is 1. The highest BCUT2D eigenvalue weighted by Crippen LogP contribution is 2.64. The van der Waals surface area contributed by atoms with E-state index >= 15 is 0 Å². The molecule has 3 N–H and O–H groups in total. The number of allylic oxidation sites excluding steroid dienone is 5. The molecular weight excluding hydrogens is 574 g/mol. The number of ketones is 1. The van der Waals surface area contributed by atoms with Crippen molar-refractivity contribution in [3.8, 4) is 0 Å². The number of aliphatic hydroxyl groups excluding tert-OH is 1. The molecule has 3 aliphatic carbocycles. The van der Waals surface area contributed by atoms with Crippen molar-refractivity contribution in [3.05, 3.63) is 47.6 Å². The molecule has 0 aromatic rings. The van der Waals surface area contributed by atoms with E-state index in [-0.39, 0.29) is 42.0 Å². The van der Waals surface area contributed by atoms with Crippen molar-refractivity contribution >= 4 is 5.78 Å². The number of halogens is 6. The first-order valence-electron chi connectivity index (χ1n) is 15.1. The third kappa shape index (κ3) is 7.67. The van der Waals surface area contributed by atoms with Crippen LogP contribution in [0.2, 0.25) is 0 Å². The maximum Gasteiger partial charge on any atom is 0.429 e. The number of rotatable bonds is 9. The molecule has 10 heteroatoms. The van der Waals surface area contributed by atoms with Crippen LogP contribution in [0.5, 0.6) is 0 Å². The summed E-state index contributed by atoms with van der Waals surface area (Å²) in [6.07, 6.45) is -2.25. The third-order valence-corrected chi connectivity index (χ3v) is 10.2. The van der Waals surface area contributed by atoms with Gasteiger partial charge in [-0.1, -0.05) is 50.6 Å². The lowest BCUT2D eigenvalue weighted by Gasteiger charge is -2.49. The van der Waals surface area contributed by atoms with Crippen molar-refractivity contribution < 1.29 is 46.5 Å². The largest absolute Gasteiger partial charge is 0.429 e. The van der Waals surface area contributed by atoms with Gasteiger partial charge in [-0.15, -0.1) is 0 Å². The highest BCUT2D eigenvalue weighted by atomic mass is 19.4. The lowest BCUT2D eigenvalue weighted by Crippen LogP contribution is -2.55. The SMILES string of the molecule is C=C1C(=O)C[C@H](O)C/C1=C/C=C1\CCCC2(C)C1CC[C@@H]2[C@](C)(C/C=C/C(O)(C(F)(F)F)C(F)(F)F)CCCC(C)(C)O. The minimum absolute atomic E-state index is 0.0364. The number of alkyl halides is 6. The van der Waals surface area contributed by atoms with Crippen molar-refractivity contribution in [1.82, 2.24) is 0 Å². The van der Waals surface area contributed by atoms with Gasteiger partial charge in [0.2, 0.25) is 0 Å².